The van der Waals surface area contributed by atoms with Gasteiger partial charge >= 0.3 is 0 Å². The third-order valence-corrected chi connectivity index (χ3v) is 4.61. The molecular formula is C21H22ClN5O2. The van der Waals surface area contributed by atoms with Gasteiger partial charge in [-0.3, -0.25) is 4.79 Å². The Hall–Kier alpha value is -3.16. The Kier molecular flexibility index (Phi) is 6.64. The second-order valence-corrected chi connectivity index (χ2v) is 6.59. The number of ether oxygens (including phenoxy) is 1. The topological polar surface area (TPSA) is 102 Å². The lowest BCUT2D eigenvalue weighted by Gasteiger charge is -2.14. The molecule has 4 rings (SSSR count). The molecule has 8 heteroatoms. The predicted molar refractivity (Wildman–Crippen MR) is 114 cm³/mol. The molecule has 2 heterocycles. The Morgan fingerprint density at radius 3 is 2.48 bits per heavy atom. The molecule has 150 valence electrons. The van der Waals surface area contributed by atoms with Crippen molar-refractivity contribution in [3.8, 4) is 22.6 Å². The molecule has 1 fully saturated rings. The van der Waals surface area contributed by atoms with E-state index in [1.807, 2.05) is 54.6 Å². The number of hydrogen-bond donors (Lipinski definition) is 3. The van der Waals surface area contributed by atoms with Gasteiger partial charge in [0.05, 0.1) is 5.56 Å². The van der Waals surface area contributed by atoms with Crippen LogP contribution in [0.1, 0.15) is 16.9 Å². The molecule has 3 aromatic rings. The minimum absolute atomic E-state index is 0. The summed E-state index contributed by atoms with van der Waals surface area (Å²) in [5.74, 6) is 1.46. The zero-order valence-electron chi connectivity index (χ0n) is 15.7. The van der Waals surface area contributed by atoms with Crippen molar-refractivity contribution in [1.29, 1.82) is 0 Å². The van der Waals surface area contributed by atoms with E-state index < -0.39 is 0 Å². The smallest absolute Gasteiger partial charge is 0.270 e. The number of nitrogens with zero attached hydrogens (tertiary/aromatic N) is 2. The zero-order valence-corrected chi connectivity index (χ0v) is 16.5. The average molecular weight is 412 g/mol. The van der Waals surface area contributed by atoms with Crippen LogP contribution < -0.4 is 21.1 Å². The van der Waals surface area contributed by atoms with Gasteiger partial charge in [-0.15, -0.1) is 12.4 Å². The maximum absolute atomic E-state index is 12.7. The Balaban J connectivity index is 0.00000240. The van der Waals surface area contributed by atoms with Crippen molar-refractivity contribution in [3.63, 3.8) is 0 Å². The van der Waals surface area contributed by atoms with Gasteiger partial charge in [0.25, 0.3) is 5.91 Å². The second kappa shape index (κ2) is 9.36. The molecule has 4 N–H and O–H groups in total. The van der Waals surface area contributed by atoms with Crippen molar-refractivity contribution < 1.29 is 9.53 Å². The molecule has 1 amide bonds. The number of halogens is 1. The number of carbonyl (C=O) groups is 1. The molecule has 0 saturated carbocycles. The molecule has 1 aromatic heterocycles. The molecule has 1 atom stereocenters. The molecule has 29 heavy (non-hydrogen) atoms. The molecule has 0 spiro atoms. The molecule has 1 saturated heterocycles. The standard InChI is InChI=1S/C21H21N5O2.ClH/c22-20-18(19(24-13-25-20)21(27)26-15-10-11-23-12-15)14-6-8-17(9-7-14)28-16-4-2-1-3-5-16;/h1-9,13,15,23H,10-12H2,(H,26,27)(H2,22,24,25);1H/t15-;/m0./s1. The summed E-state index contributed by atoms with van der Waals surface area (Å²) in [5.41, 5.74) is 7.64. The SMILES string of the molecule is Cl.Nc1ncnc(C(=O)N[C@H]2CCNC2)c1-c1ccc(Oc2ccccc2)cc1. The van der Waals surface area contributed by atoms with Crippen LogP contribution in [0.5, 0.6) is 11.5 Å². The van der Waals surface area contributed by atoms with Crippen molar-refractivity contribution in [2.24, 2.45) is 0 Å². The van der Waals surface area contributed by atoms with Crippen molar-refractivity contribution in [2.75, 3.05) is 18.8 Å². The number of nitrogen functional groups attached to an aromatic ring is 1. The third-order valence-electron chi connectivity index (χ3n) is 4.61. The highest BCUT2D eigenvalue weighted by Gasteiger charge is 2.22. The van der Waals surface area contributed by atoms with Crippen LogP contribution >= 0.6 is 12.4 Å². The van der Waals surface area contributed by atoms with E-state index in [4.69, 9.17) is 10.5 Å². The number of carbonyl (C=O) groups excluding carboxylic acids is 1. The van der Waals surface area contributed by atoms with E-state index in [1.54, 1.807) is 0 Å². The van der Waals surface area contributed by atoms with E-state index in [0.29, 0.717) is 11.3 Å². The summed E-state index contributed by atoms with van der Waals surface area (Å²) in [5, 5.41) is 6.23. The van der Waals surface area contributed by atoms with Gasteiger partial charge in [-0.1, -0.05) is 30.3 Å². The number of amides is 1. The molecule has 0 radical (unpaired) electrons. The van der Waals surface area contributed by atoms with Gasteiger partial charge in [0.15, 0.2) is 0 Å². The molecule has 1 aliphatic heterocycles. The van der Waals surface area contributed by atoms with Crippen LogP contribution in [0.25, 0.3) is 11.1 Å². The number of nitrogens with one attached hydrogen (secondary N) is 2. The van der Waals surface area contributed by atoms with Crippen LogP contribution in [0.4, 0.5) is 5.82 Å². The van der Waals surface area contributed by atoms with Gasteiger partial charge in [0.1, 0.15) is 29.3 Å². The summed E-state index contributed by atoms with van der Waals surface area (Å²) in [4.78, 5) is 21.0. The lowest BCUT2D eigenvalue weighted by atomic mass is 10.0. The largest absolute Gasteiger partial charge is 0.457 e. The molecule has 0 unspecified atom stereocenters. The van der Waals surface area contributed by atoms with Crippen LogP contribution in [0.2, 0.25) is 0 Å². The van der Waals surface area contributed by atoms with Crippen molar-refractivity contribution in [2.45, 2.75) is 12.5 Å². The lowest BCUT2D eigenvalue weighted by Crippen LogP contribution is -2.37. The zero-order chi connectivity index (χ0) is 19.3. The first-order chi connectivity index (χ1) is 13.7. The molecule has 0 aliphatic carbocycles. The summed E-state index contributed by atoms with van der Waals surface area (Å²) in [7, 11) is 0. The van der Waals surface area contributed by atoms with E-state index in [0.717, 1.165) is 30.8 Å². The van der Waals surface area contributed by atoms with Crippen molar-refractivity contribution >= 4 is 24.1 Å². The summed E-state index contributed by atoms with van der Waals surface area (Å²) >= 11 is 0. The average Bonchev–Trinajstić information content (AvgIpc) is 3.22. The summed E-state index contributed by atoms with van der Waals surface area (Å²) < 4.78 is 5.82. The first-order valence-electron chi connectivity index (χ1n) is 9.16. The highest BCUT2D eigenvalue weighted by molar-refractivity contribution is 6.01. The van der Waals surface area contributed by atoms with E-state index >= 15 is 0 Å². The Morgan fingerprint density at radius 1 is 1.07 bits per heavy atom. The minimum atomic E-state index is -0.248. The number of aromatic nitrogens is 2. The van der Waals surface area contributed by atoms with Gasteiger partial charge < -0.3 is 21.1 Å². The van der Waals surface area contributed by atoms with E-state index in [9.17, 15) is 4.79 Å². The number of benzene rings is 2. The highest BCUT2D eigenvalue weighted by atomic mass is 35.5. The fourth-order valence-corrected chi connectivity index (χ4v) is 3.20. The number of para-hydroxylation sites is 1. The quantitative estimate of drug-likeness (QED) is 0.596. The van der Waals surface area contributed by atoms with Crippen LogP contribution in [0, 0.1) is 0 Å². The first-order valence-corrected chi connectivity index (χ1v) is 9.16. The van der Waals surface area contributed by atoms with Crippen molar-refractivity contribution in [1.82, 2.24) is 20.6 Å². The lowest BCUT2D eigenvalue weighted by molar-refractivity contribution is 0.0935. The number of rotatable bonds is 5. The van der Waals surface area contributed by atoms with E-state index in [2.05, 4.69) is 20.6 Å². The molecular weight excluding hydrogens is 390 g/mol. The highest BCUT2D eigenvalue weighted by Crippen LogP contribution is 2.30. The van der Waals surface area contributed by atoms with E-state index in [1.165, 1.54) is 6.33 Å². The van der Waals surface area contributed by atoms with Crippen LogP contribution in [-0.4, -0.2) is 35.0 Å². The van der Waals surface area contributed by atoms with Crippen LogP contribution in [-0.2, 0) is 0 Å². The fourth-order valence-electron chi connectivity index (χ4n) is 3.20. The Bertz CT molecular complexity index is 961. The summed E-state index contributed by atoms with van der Waals surface area (Å²) in [6, 6.07) is 17.0. The molecule has 0 bridgehead atoms. The predicted octanol–water partition coefficient (Wildman–Crippen LogP) is 3.03. The molecule has 7 nitrogen and oxygen atoms in total. The monoisotopic (exact) mass is 411 g/mol. The van der Waals surface area contributed by atoms with Gasteiger partial charge in [0.2, 0.25) is 0 Å². The first kappa shape index (κ1) is 20.6. The molecule has 1 aliphatic rings. The normalized spacial score (nSPS) is 15.4. The minimum Gasteiger partial charge on any atom is -0.457 e. The van der Waals surface area contributed by atoms with Gasteiger partial charge in [-0.2, -0.15) is 0 Å². The van der Waals surface area contributed by atoms with Crippen molar-refractivity contribution in [3.05, 3.63) is 66.6 Å². The van der Waals surface area contributed by atoms with Gasteiger partial charge in [-0.25, -0.2) is 9.97 Å². The Morgan fingerprint density at radius 2 is 1.79 bits per heavy atom. The van der Waals surface area contributed by atoms with E-state index in [-0.39, 0.29) is 35.9 Å². The number of hydrogen-bond acceptors (Lipinski definition) is 6. The maximum atomic E-state index is 12.7. The summed E-state index contributed by atoms with van der Waals surface area (Å²) in [6.45, 7) is 1.65. The third kappa shape index (κ3) is 4.82. The number of anilines is 1. The molecule has 2 aromatic carbocycles. The maximum Gasteiger partial charge on any atom is 0.270 e. The van der Waals surface area contributed by atoms with Gasteiger partial charge in [-0.05, 0) is 42.8 Å². The number of nitrogens with two attached hydrogens (primary N) is 1. The summed E-state index contributed by atoms with van der Waals surface area (Å²) in [6.07, 6.45) is 2.21. The van der Waals surface area contributed by atoms with Gasteiger partial charge in [0, 0.05) is 12.6 Å². The fraction of sp³-hybridized carbons (Fsp3) is 0.190. The second-order valence-electron chi connectivity index (χ2n) is 6.59. The Labute approximate surface area is 175 Å². The van der Waals surface area contributed by atoms with Crippen LogP contribution in [0.15, 0.2) is 60.9 Å². The van der Waals surface area contributed by atoms with Crippen LogP contribution in [0.3, 0.4) is 0 Å².